The van der Waals surface area contributed by atoms with Gasteiger partial charge in [-0.15, -0.1) is 0 Å². The Kier molecular flexibility index (Phi) is 8.47. The van der Waals surface area contributed by atoms with Crippen molar-refractivity contribution < 1.29 is 4.79 Å². The Morgan fingerprint density at radius 1 is 0.931 bits per heavy atom. The van der Waals surface area contributed by atoms with E-state index in [1.807, 2.05) is 29.2 Å². The first-order chi connectivity index (χ1) is 14.2. The number of benzene rings is 2. The third-order valence-electron chi connectivity index (χ3n) is 5.53. The standard InChI is InChI=1S/C25H33N3O/c1-2-28(22-24-12-7-4-8-13-24)25(29)15-17-27-20-18-26(19-21-27)16-9-14-23-10-5-3-6-11-23/h3-14H,2,15-22H2,1H3/b14-9+. The van der Waals surface area contributed by atoms with Gasteiger partial charge >= 0.3 is 0 Å². The Morgan fingerprint density at radius 3 is 2.21 bits per heavy atom. The predicted molar refractivity (Wildman–Crippen MR) is 121 cm³/mol. The second-order valence-electron chi connectivity index (χ2n) is 7.60. The van der Waals surface area contributed by atoms with Gasteiger partial charge in [-0.2, -0.15) is 0 Å². The first-order valence-corrected chi connectivity index (χ1v) is 10.7. The summed E-state index contributed by atoms with van der Waals surface area (Å²) in [4.78, 5) is 19.5. The van der Waals surface area contributed by atoms with Crippen molar-refractivity contribution in [2.24, 2.45) is 0 Å². The van der Waals surface area contributed by atoms with Crippen molar-refractivity contribution in [1.29, 1.82) is 0 Å². The Labute approximate surface area is 175 Å². The highest BCUT2D eigenvalue weighted by atomic mass is 16.2. The zero-order chi connectivity index (χ0) is 20.3. The highest BCUT2D eigenvalue weighted by Crippen LogP contribution is 2.08. The van der Waals surface area contributed by atoms with Crippen molar-refractivity contribution in [3.05, 3.63) is 77.9 Å². The van der Waals surface area contributed by atoms with Crippen LogP contribution in [0, 0.1) is 0 Å². The van der Waals surface area contributed by atoms with Gasteiger partial charge in [-0.1, -0.05) is 72.8 Å². The first kappa shape index (κ1) is 21.3. The quantitative estimate of drug-likeness (QED) is 0.651. The molecule has 0 N–H and O–H groups in total. The van der Waals surface area contributed by atoms with Gasteiger partial charge in [0.2, 0.25) is 5.91 Å². The molecule has 0 aliphatic carbocycles. The molecule has 0 atom stereocenters. The van der Waals surface area contributed by atoms with Crippen LogP contribution in [0.4, 0.5) is 0 Å². The number of hydrogen-bond acceptors (Lipinski definition) is 3. The maximum Gasteiger partial charge on any atom is 0.224 e. The van der Waals surface area contributed by atoms with E-state index in [0.717, 1.165) is 45.8 Å². The largest absolute Gasteiger partial charge is 0.339 e. The van der Waals surface area contributed by atoms with Crippen LogP contribution in [0.5, 0.6) is 0 Å². The molecule has 0 saturated carbocycles. The summed E-state index contributed by atoms with van der Waals surface area (Å²) in [6.45, 7) is 9.58. The summed E-state index contributed by atoms with van der Waals surface area (Å²) in [7, 11) is 0. The van der Waals surface area contributed by atoms with Crippen LogP contribution in [0.25, 0.3) is 6.08 Å². The smallest absolute Gasteiger partial charge is 0.224 e. The van der Waals surface area contributed by atoms with Crippen LogP contribution in [0.1, 0.15) is 24.5 Å². The molecule has 4 heteroatoms. The van der Waals surface area contributed by atoms with Gasteiger partial charge < -0.3 is 9.80 Å². The molecule has 4 nitrogen and oxygen atoms in total. The molecule has 3 rings (SSSR count). The number of hydrogen-bond donors (Lipinski definition) is 0. The predicted octanol–water partition coefficient (Wildman–Crippen LogP) is 3.76. The first-order valence-electron chi connectivity index (χ1n) is 10.7. The number of rotatable bonds is 9. The number of carbonyl (C=O) groups is 1. The zero-order valence-electron chi connectivity index (χ0n) is 17.5. The highest BCUT2D eigenvalue weighted by molar-refractivity contribution is 5.76. The Balaban J connectivity index is 1.35. The van der Waals surface area contributed by atoms with Crippen LogP contribution in [0.15, 0.2) is 66.7 Å². The van der Waals surface area contributed by atoms with Crippen molar-refractivity contribution in [3.8, 4) is 0 Å². The number of nitrogens with zero attached hydrogens (tertiary/aromatic N) is 3. The molecule has 2 aromatic carbocycles. The molecule has 154 valence electrons. The van der Waals surface area contributed by atoms with Gasteiger partial charge in [0, 0.05) is 58.8 Å². The van der Waals surface area contributed by atoms with E-state index in [9.17, 15) is 4.79 Å². The summed E-state index contributed by atoms with van der Waals surface area (Å²) >= 11 is 0. The SMILES string of the molecule is CCN(Cc1ccccc1)C(=O)CCN1CCN(C/C=C/c2ccccc2)CC1. The minimum atomic E-state index is 0.254. The van der Waals surface area contributed by atoms with Gasteiger partial charge in [0.25, 0.3) is 0 Å². The van der Waals surface area contributed by atoms with Gasteiger partial charge in [0.05, 0.1) is 0 Å². The van der Waals surface area contributed by atoms with E-state index in [2.05, 4.69) is 65.3 Å². The number of amides is 1. The molecule has 29 heavy (non-hydrogen) atoms. The summed E-state index contributed by atoms with van der Waals surface area (Å²) < 4.78 is 0. The molecule has 2 aromatic rings. The zero-order valence-corrected chi connectivity index (χ0v) is 17.5. The van der Waals surface area contributed by atoms with Crippen molar-refractivity contribution in [1.82, 2.24) is 14.7 Å². The van der Waals surface area contributed by atoms with Crippen molar-refractivity contribution in [2.75, 3.05) is 45.8 Å². The van der Waals surface area contributed by atoms with Crippen LogP contribution >= 0.6 is 0 Å². The van der Waals surface area contributed by atoms with Gasteiger partial charge in [-0.25, -0.2) is 0 Å². The second kappa shape index (κ2) is 11.5. The molecule has 1 aliphatic rings. The molecular formula is C25H33N3O. The fourth-order valence-electron chi connectivity index (χ4n) is 3.69. The average Bonchev–Trinajstić information content (AvgIpc) is 2.78. The molecule has 1 saturated heterocycles. The molecule has 0 aromatic heterocycles. The molecule has 1 amide bonds. The maximum absolute atomic E-state index is 12.6. The van der Waals surface area contributed by atoms with Crippen LogP contribution in [-0.2, 0) is 11.3 Å². The minimum Gasteiger partial charge on any atom is -0.339 e. The molecule has 0 spiro atoms. The topological polar surface area (TPSA) is 26.8 Å². The summed E-state index contributed by atoms with van der Waals surface area (Å²) in [6, 6.07) is 20.7. The lowest BCUT2D eigenvalue weighted by Gasteiger charge is -2.34. The molecular weight excluding hydrogens is 358 g/mol. The van der Waals surface area contributed by atoms with Crippen LogP contribution in [-0.4, -0.2) is 66.4 Å². The maximum atomic E-state index is 12.6. The van der Waals surface area contributed by atoms with E-state index in [1.54, 1.807) is 0 Å². The van der Waals surface area contributed by atoms with E-state index in [-0.39, 0.29) is 5.91 Å². The van der Waals surface area contributed by atoms with E-state index in [1.165, 1.54) is 11.1 Å². The third kappa shape index (κ3) is 7.15. The lowest BCUT2D eigenvalue weighted by molar-refractivity contribution is -0.132. The van der Waals surface area contributed by atoms with Gasteiger partial charge in [-0.3, -0.25) is 9.69 Å². The summed E-state index contributed by atoms with van der Waals surface area (Å²) in [6.07, 6.45) is 5.04. The fourth-order valence-corrected chi connectivity index (χ4v) is 3.69. The van der Waals surface area contributed by atoms with Gasteiger partial charge in [-0.05, 0) is 18.1 Å². The molecule has 1 aliphatic heterocycles. The lowest BCUT2D eigenvalue weighted by Crippen LogP contribution is -2.47. The Morgan fingerprint density at radius 2 is 1.55 bits per heavy atom. The van der Waals surface area contributed by atoms with E-state index in [0.29, 0.717) is 13.0 Å². The Bertz CT molecular complexity index is 752. The van der Waals surface area contributed by atoms with E-state index >= 15 is 0 Å². The van der Waals surface area contributed by atoms with Crippen molar-refractivity contribution in [3.63, 3.8) is 0 Å². The van der Waals surface area contributed by atoms with E-state index in [4.69, 9.17) is 0 Å². The normalized spacial score (nSPS) is 15.6. The number of carbonyl (C=O) groups excluding carboxylic acids is 1. The highest BCUT2D eigenvalue weighted by Gasteiger charge is 2.18. The van der Waals surface area contributed by atoms with Crippen molar-refractivity contribution in [2.45, 2.75) is 19.9 Å². The minimum absolute atomic E-state index is 0.254. The molecule has 1 heterocycles. The average molecular weight is 392 g/mol. The second-order valence-corrected chi connectivity index (χ2v) is 7.60. The summed E-state index contributed by atoms with van der Waals surface area (Å²) in [5.41, 5.74) is 2.44. The summed E-state index contributed by atoms with van der Waals surface area (Å²) in [5, 5.41) is 0. The van der Waals surface area contributed by atoms with Crippen LogP contribution in [0.3, 0.4) is 0 Å². The Hall–Kier alpha value is -2.43. The third-order valence-corrected chi connectivity index (χ3v) is 5.53. The fraction of sp³-hybridized carbons (Fsp3) is 0.400. The molecule has 0 radical (unpaired) electrons. The summed E-state index contributed by atoms with van der Waals surface area (Å²) in [5.74, 6) is 0.254. The number of piperazine rings is 1. The van der Waals surface area contributed by atoms with Gasteiger partial charge in [0.1, 0.15) is 0 Å². The monoisotopic (exact) mass is 391 g/mol. The van der Waals surface area contributed by atoms with Crippen molar-refractivity contribution >= 4 is 12.0 Å². The molecule has 0 bridgehead atoms. The molecule has 0 unspecified atom stereocenters. The van der Waals surface area contributed by atoms with Crippen LogP contribution in [0.2, 0.25) is 0 Å². The lowest BCUT2D eigenvalue weighted by atomic mass is 10.2. The van der Waals surface area contributed by atoms with Crippen LogP contribution < -0.4 is 0 Å². The van der Waals surface area contributed by atoms with Gasteiger partial charge in [0.15, 0.2) is 0 Å². The van der Waals surface area contributed by atoms with E-state index < -0.39 is 0 Å². The molecule has 1 fully saturated rings.